The number of rotatable bonds is 5. The molecule has 0 atom stereocenters. The molecule has 0 unspecified atom stereocenters. The normalized spacial score (nSPS) is 10.4. The lowest BCUT2D eigenvalue weighted by Gasteiger charge is -2.07. The molecule has 1 aromatic rings. The van der Waals surface area contributed by atoms with E-state index < -0.39 is 17.8 Å². The molecule has 0 aliphatic rings. The van der Waals surface area contributed by atoms with Crippen molar-refractivity contribution in [2.45, 2.75) is 13.3 Å². The molecule has 0 fully saturated rings. The van der Waals surface area contributed by atoms with Gasteiger partial charge >= 0.3 is 12.0 Å². The minimum atomic E-state index is -1.15. The van der Waals surface area contributed by atoms with Gasteiger partial charge in [0.25, 0.3) is 0 Å². The van der Waals surface area contributed by atoms with Gasteiger partial charge in [0.15, 0.2) is 0 Å². The smallest absolute Gasteiger partial charge is 0.328 e. The van der Waals surface area contributed by atoms with Gasteiger partial charge in [0.2, 0.25) is 0 Å². The predicted octanol–water partition coefficient (Wildman–Crippen LogP) is 2.46. The van der Waals surface area contributed by atoms with Crippen LogP contribution in [0.4, 0.5) is 14.9 Å². The summed E-state index contributed by atoms with van der Waals surface area (Å²) < 4.78 is 13.6. The fraction of sp³-hybridized carbons (Fsp3) is 0.231. The van der Waals surface area contributed by atoms with Gasteiger partial charge in [0.1, 0.15) is 5.82 Å². The quantitative estimate of drug-likeness (QED) is 0.716. The maximum Gasteiger partial charge on any atom is 0.328 e. The van der Waals surface area contributed by atoms with Gasteiger partial charge in [-0.3, -0.25) is 0 Å². The van der Waals surface area contributed by atoms with Crippen molar-refractivity contribution in [3.05, 3.63) is 35.7 Å². The molecule has 0 spiro atoms. The van der Waals surface area contributed by atoms with Crippen LogP contribution in [0, 0.1) is 5.82 Å². The van der Waals surface area contributed by atoms with E-state index in [9.17, 15) is 14.0 Å². The summed E-state index contributed by atoms with van der Waals surface area (Å²) in [6.07, 6.45) is 2.80. The molecule has 0 aliphatic carbocycles. The summed E-state index contributed by atoms with van der Waals surface area (Å²) in [6.45, 7) is 2.46. The molecule has 0 heterocycles. The highest BCUT2D eigenvalue weighted by Gasteiger charge is 2.04. The van der Waals surface area contributed by atoms with Crippen molar-refractivity contribution >= 4 is 23.8 Å². The van der Waals surface area contributed by atoms with E-state index in [1.807, 2.05) is 6.92 Å². The molecule has 102 valence electrons. The number of nitrogens with one attached hydrogen (secondary N) is 2. The number of aliphatic carboxylic acids is 1. The monoisotopic (exact) mass is 266 g/mol. The first kappa shape index (κ1) is 14.7. The Labute approximate surface area is 110 Å². The number of benzene rings is 1. The van der Waals surface area contributed by atoms with Crippen LogP contribution in [-0.4, -0.2) is 23.7 Å². The Hall–Kier alpha value is -2.37. The first-order chi connectivity index (χ1) is 9.02. The Morgan fingerprint density at radius 3 is 2.74 bits per heavy atom. The van der Waals surface area contributed by atoms with E-state index in [0.717, 1.165) is 24.6 Å². The fourth-order valence-electron chi connectivity index (χ4n) is 1.31. The van der Waals surface area contributed by atoms with E-state index in [-0.39, 0.29) is 5.56 Å². The number of amides is 2. The number of hydrogen-bond acceptors (Lipinski definition) is 2. The largest absolute Gasteiger partial charge is 0.478 e. The second-order valence-corrected chi connectivity index (χ2v) is 3.79. The number of urea groups is 1. The molecular weight excluding hydrogens is 251 g/mol. The van der Waals surface area contributed by atoms with Crippen molar-refractivity contribution in [1.29, 1.82) is 0 Å². The van der Waals surface area contributed by atoms with E-state index in [1.54, 1.807) is 0 Å². The fourth-order valence-corrected chi connectivity index (χ4v) is 1.31. The minimum absolute atomic E-state index is 0.141. The zero-order valence-electron chi connectivity index (χ0n) is 10.4. The minimum Gasteiger partial charge on any atom is -0.478 e. The lowest BCUT2D eigenvalue weighted by Crippen LogP contribution is -2.29. The number of halogens is 1. The van der Waals surface area contributed by atoms with Crippen LogP contribution in [-0.2, 0) is 4.79 Å². The molecule has 2 amide bonds. The van der Waals surface area contributed by atoms with Crippen molar-refractivity contribution in [1.82, 2.24) is 5.32 Å². The van der Waals surface area contributed by atoms with Crippen LogP contribution in [0.5, 0.6) is 0 Å². The van der Waals surface area contributed by atoms with Crippen LogP contribution in [0.1, 0.15) is 18.9 Å². The first-order valence-corrected chi connectivity index (χ1v) is 5.78. The Bertz CT molecular complexity index is 501. The standard InChI is InChI=1S/C13H15FN2O3/c1-2-7-15-13(19)16-10-5-3-9(11(14)8-10)4-6-12(17)18/h3-6,8H,2,7H2,1H3,(H,17,18)(H2,15,16,19). The van der Waals surface area contributed by atoms with Crippen LogP contribution < -0.4 is 10.6 Å². The highest BCUT2D eigenvalue weighted by Crippen LogP contribution is 2.15. The summed E-state index contributed by atoms with van der Waals surface area (Å²) in [7, 11) is 0. The molecular formula is C13H15FN2O3. The molecule has 0 bridgehead atoms. The van der Waals surface area contributed by atoms with Gasteiger partial charge in [-0.2, -0.15) is 0 Å². The lowest BCUT2D eigenvalue weighted by molar-refractivity contribution is -0.131. The van der Waals surface area contributed by atoms with E-state index in [0.29, 0.717) is 12.2 Å². The van der Waals surface area contributed by atoms with Gasteiger partial charge in [-0.05, 0) is 30.7 Å². The number of hydrogen-bond donors (Lipinski definition) is 3. The van der Waals surface area contributed by atoms with Gasteiger partial charge in [0, 0.05) is 23.9 Å². The Balaban J connectivity index is 2.71. The van der Waals surface area contributed by atoms with Gasteiger partial charge in [-0.25, -0.2) is 14.0 Å². The van der Waals surface area contributed by atoms with Gasteiger partial charge in [-0.15, -0.1) is 0 Å². The zero-order chi connectivity index (χ0) is 14.3. The Kier molecular flexibility index (Phi) is 5.53. The number of carbonyl (C=O) groups excluding carboxylic acids is 1. The van der Waals surface area contributed by atoms with Crippen LogP contribution >= 0.6 is 0 Å². The molecule has 19 heavy (non-hydrogen) atoms. The average molecular weight is 266 g/mol. The van der Waals surface area contributed by atoms with Gasteiger partial charge in [0.05, 0.1) is 0 Å². The molecule has 0 saturated carbocycles. The number of carbonyl (C=O) groups is 2. The molecule has 0 saturated heterocycles. The summed E-state index contributed by atoms with van der Waals surface area (Å²) in [4.78, 5) is 21.7. The van der Waals surface area contributed by atoms with Crippen molar-refractivity contribution in [3.63, 3.8) is 0 Å². The van der Waals surface area contributed by atoms with Crippen LogP contribution in [0.15, 0.2) is 24.3 Å². The van der Waals surface area contributed by atoms with Crippen LogP contribution in [0.3, 0.4) is 0 Å². The summed E-state index contributed by atoms with van der Waals surface area (Å²) >= 11 is 0. The second kappa shape index (κ2) is 7.15. The highest BCUT2D eigenvalue weighted by molar-refractivity contribution is 5.89. The molecule has 1 aromatic carbocycles. The van der Waals surface area contributed by atoms with Gasteiger partial charge in [-0.1, -0.05) is 6.92 Å². The topological polar surface area (TPSA) is 78.4 Å². The molecule has 0 aromatic heterocycles. The highest BCUT2D eigenvalue weighted by atomic mass is 19.1. The average Bonchev–Trinajstić information content (AvgIpc) is 2.35. The third-order valence-electron chi connectivity index (χ3n) is 2.20. The Morgan fingerprint density at radius 1 is 1.42 bits per heavy atom. The number of carboxylic acids is 1. The maximum atomic E-state index is 13.6. The predicted molar refractivity (Wildman–Crippen MR) is 70.4 cm³/mol. The zero-order valence-corrected chi connectivity index (χ0v) is 10.4. The summed E-state index contributed by atoms with van der Waals surface area (Å²) in [5.74, 6) is -1.76. The number of carboxylic acid groups (broad SMARTS) is 1. The summed E-state index contributed by atoms with van der Waals surface area (Å²) in [5.41, 5.74) is 0.445. The van der Waals surface area contributed by atoms with Gasteiger partial charge < -0.3 is 15.7 Å². The molecule has 6 heteroatoms. The number of anilines is 1. The van der Waals surface area contributed by atoms with E-state index in [1.165, 1.54) is 12.1 Å². The third-order valence-corrected chi connectivity index (χ3v) is 2.20. The van der Waals surface area contributed by atoms with E-state index >= 15 is 0 Å². The van der Waals surface area contributed by atoms with Crippen LogP contribution in [0.2, 0.25) is 0 Å². The van der Waals surface area contributed by atoms with Crippen molar-refractivity contribution < 1.29 is 19.1 Å². The molecule has 3 N–H and O–H groups in total. The Morgan fingerprint density at radius 2 is 2.16 bits per heavy atom. The third kappa shape index (κ3) is 5.20. The van der Waals surface area contributed by atoms with Crippen LogP contribution in [0.25, 0.3) is 6.08 Å². The van der Waals surface area contributed by atoms with Crippen molar-refractivity contribution in [2.75, 3.05) is 11.9 Å². The molecule has 0 aliphatic heterocycles. The van der Waals surface area contributed by atoms with E-state index in [2.05, 4.69) is 10.6 Å². The summed E-state index contributed by atoms with van der Waals surface area (Å²) in [5, 5.41) is 13.5. The van der Waals surface area contributed by atoms with E-state index in [4.69, 9.17) is 5.11 Å². The SMILES string of the molecule is CCCNC(=O)Nc1ccc(C=CC(=O)O)c(F)c1. The summed E-state index contributed by atoms with van der Waals surface area (Å²) in [6, 6.07) is 3.61. The van der Waals surface area contributed by atoms with Crippen molar-refractivity contribution in [2.24, 2.45) is 0 Å². The first-order valence-electron chi connectivity index (χ1n) is 5.78. The maximum absolute atomic E-state index is 13.6. The molecule has 5 nitrogen and oxygen atoms in total. The van der Waals surface area contributed by atoms with Crippen molar-refractivity contribution in [3.8, 4) is 0 Å². The molecule has 0 radical (unpaired) electrons. The second-order valence-electron chi connectivity index (χ2n) is 3.79. The molecule has 1 rings (SSSR count). The lowest BCUT2D eigenvalue weighted by atomic mass is 10.2.